The van der Waals surface area contributed by atoms with Gasteiger partial charge in [0.15, 0.2) is 0 Å². The maximum Gasteiger partial charge on any atom is 0.0263 e. The van der Waals surface area contributed by atoms with Crippen LogP contribution in [0.15, 0.2) is 29.2 Å². The van der Waals surface area contributed by atoms with Gasteiger partial charge < -0.3 is 5.32 Å². The summed E-state index contributed by atoms with van der Waals surface area (Å²) in [5.74, 6) is 0. The Bertz CT molecular complexity index is 455. The van der Waals surface area contributed by atoms with Crippen molar-refractivity contribution in [2.24, 2.45) is 0 Å². The minimum Gasteiger partial charge on any atom is -0.313 e. The fourth-order valence-corrected chi connectivity index (χ4v) is 5.14. The van der Waals surface area contributed by atoms with Crippen LogP contribution in [0.5, 0.6) is 0 Å². The van der Waals surface area contributed by atoms with Gasteiger partial charge in [-0.3, -0.25) is 4.90 Å². The molecule has 21 heavy (non-hydrogen) atoms. The third-order valence-corrected chi connectivity index (χ3v) is 6.38. The van der Waals surface area contributed by atoms with Crippen molar-refractivity contribution in [3.63, 3.8) is 0 Å². The largest absolute Gasteiger partial charge is 0.313 e. The van der Waals surface area contributed by atoms with Crippen molar-refractivity contribution in [3.05, 3.63) is 29.8 Å². The number of hydrogen-bond acceptors (Lipinski definition) is 3. The first kappa shape index (κ1) is 14.1. The zero-order chi connectivity index (χ0) is 14.1. The molecule has 0 spiro atoms. The van der Waals surface area contributed by atoms with Gasteiger partial charge in [0.25, 0.3) is 0 Å². The molecule has 2 heterocycles. The summed E-state index contributed by atoms with van der Waals surface area (Å²) in [6.45, 7) is 3.78. The van der Waals surface area contributed by atoms with E-state index in [1.165, 1.54) is 63.1 Å². The van der Waals surface area contributed by atoms with E-state index >= 15 is 0 Å². The minimum atomic E-state index is 0.744. The quantitative estimate of drug-likeness (QED) is 0.898. The van der Waals surface area contributed by atoms with Crippen molar-refractivity contribution < 1.29 is 0 Å². The first-order valence-corrected chi connectivity index (χ1v) is 9.48. The molecule has 0 aromatic heterocycles. The Balaban J connectivity index is 1.35. The van der Waals surface area contributed by atoms with E-state index in [-0.39, 0.29) is 0 Å². The fourth-order valence-electron chi connectivity index (χ4n) is 3.79. The lowest BCUT2D eigenvalue weighted by molar-refractivity contribution is 0.216. The molecule has 2 fully saturated rings. The molecule has 114 valence electrons. The predicted octanol–water partition coefficient (Wildman–Crippen LogP) is 3.31. The Morgan fingerprint density at radius 1 is 1.10 bits per heavy atom. The maximum atomic E-state index is 3.73. The van der Waals surface area contributed by atoms with E-state index in [0.717, 1.165) is 17.3 Å². The van der Waals surface area contributed by atoms with Crippen LogP contribution in [0.2, 0.25) is 0 Å². The fraction of sp³-hybridized carbons (Fsp3) is 0.667. The van der Waals surface area contributed by atoms with Gasteiger partial charge in [0.1, 0.15) is 0 Å². The highest BCUT2D eigenvalue weighted by atomic mass is 32.2. The topological polar surface area (TPSA) is 15.3 Å². The molecule has 1 aromatic carbocycles. The molecule has 2 atom stereocenters. The van der Waals surface area contributed by atoms with Gasteiger partial charge in [-0.1, -0.05) is 24.6 Å². The summed E-state index contributed by atoms with van der Waals surface area (Å²) in [6.07, 6.45) is 8.28. The summed E-state index contributed by atoms with van der Waals surface area (Å²) in [5.41, 5.74) is 1.57. The van der Waals surface area contributed by atoms with Crippen LogP contribution in [0.1, 0.15) is 37.7 Å². The molecule has 0 amide bonds. The molecule has 3 aliphatic rings. The number of fused-ring (bicyclic) bond motifs is 1. The smallest absolute Gasteiger partial charge is 0.0263 e. The van der Waals surface area contributed by atoms with Crippen LogP contribution in [-0.4, -0.2) is 41.9 Å². The molecular weight excluding hydrogens is 276 g/mol. The highest BCUT2D eigenvalue weighted by molar-refractivity contribution is 8.00. The van der Waals surface area contributed by atoms with Gasteiger partial charge in [-0.2, -0.15) is 0 Å². The molecule has 4 rings (SSSR count). The third kappa shape index (κ3) is 3.46. The van der Waals surface area contributed by atoms with Crippen molar-refractivity contribution in [3.8, 4) is 0 Å². The standard InChI is InChI=1S/C18H26N2S/c1-2-7-18-14(5-1)11-17(21-18)13-20(16-8-9-16)12-15-6-3-4-10-19-15/h1-2,5,7,15-17,19H,3-4,6,8-13H2. The Labute approximate surface area is 132 Å². The number of rotatable bonds is 5. The number of nitrogens with one attached hydrogen (secondary N) is 1. The van der Waals surface area contributed by atoms with Gasteiger partial charge in [-0.05, 0) is 50.3 Å². The first-order valence-electron chi connectivity index (χ1n) is 8.60. The van der Waals surface area contributed by atoms with E-state index in [1.807, 2.05) is 0 Å². The molecule has 2 unspecified atom stereocenters. The van der Waals surface area contributed by atoms with Crippen LogP contribution in [-0.2, 0) is 6.42 Å². The average molecular weight is 302 g/mol. The second-order valence-electron chi connectivity index (χ2n) is 6.88. The lowest BCUT2D eigenvalue weighted by Gasteiger charge is -2.32. The van der Waals surface area contributed by atoms with E-state index in [0.29, 0.717) is 0 Å². The molecule has 1 aromatic rings. The van der Waals surface area contributed by atoms with E-state index in [2.05, 4.69) is 46.2 Å². The third-order valence-electron chi connectivity index (χ3n) is 5.08. The summed E-state index contributed by atoms with van der Waals surface area (Å²) < 4.78 is 0. The highest BCUT2D eigenvalue weighted by Gasteiger charge is 2.34. The molecule has 0 bridgehead atoms. The van der Waals surface area contributed by atoms with Crippen LogP contribution in [0.3, 0.4) is 0 Å². The number of piperidine rings is 1. The second kappa shape index (κ2) is 6.31. The molecule has 1 saturated heterocycles. The predicted molar refractivity (Wildman–Crippen MR) is 90.0 cm³/mol. The minimum absolute atomic E-state index is 0.744. The summed E-state index contributed by atoms with van der Waals surface area (Å²) in [7, 11) is 0. The van der Waals surface area contributed by atoms with Crippen molar-refractivity contribution >= 4 is 11.8 Å². The normalized spacial score (nSPS) is 28.8. The zero-order valence-electron chi connectivity index (χ0n) is 12.8. The molecule has 1 aliphatic carbocycles. The number of thioether (sulfide) groups is 1. The van der Waals surface area contributed by atoms with Gasteiger partial charge in [0.2, 0.25) is 0 Å². The molecule has 1 saturated carbocycles. The van der Waals surface area contributed by atoms with Crippen LogP contribution >= 0.6 is 11.8 Å². The second-order valence-corrected chi connectivity index (χ2v) is 8.23. The van der Waals surface area contributed by atoms with Gasteiger partial charge >= 0.3 is 0 Å². The van der Waals surface area contributed by atoms with Crippen molar-refractivity contribution in [2.45, 2.75) is 60.8 Å². The Morgan fingerprint density at radius 3 is 2.76 bits per heavy atom. The molecule has 1 N–H and O–H groups in total. The van der Waals surface area contributed by atoms with Gasteiger partial charge in [0.05, 0.1) is 0 Å². The SMILES string of the molecule is c1ccc2c(c1)CC(CN(CC1CCCCN1)C1CC1)S2. The van der Waals surface area contributed by atoms with E-state index in [9.17, 15) is 0 Å². The van der Waals surface area contributed by atoms with Crippen LogP contribution in [0, 0.1) is 0 Å². The highest BCUT2D eigenvalue weighted by Crippen LogP contribution is 2.38. The number of benzene rings is 1. The Morgan fingerprint density at radius 2 is 2.00 bits per heavy atom. The van der Waals surface area contributed by atoms with Crippen molar-refractivity contribution in [1.82, 2.24) is 10.2 Å². The van der Waals surface area contributed by atoms with E-state index in [4.69, 9.17) is 0 Å². The molecule has 0 radical (unpaired) electrons. The van der Waals surface area contributed by atoms with E-state index < -0.39 is 0 Å². The van der Waals surface area contributed by atoms with Crippen LogP contribution in [0.25, 0.3) is 0 Å². The van der Waals surface area contributed by atoms with Crippen LogP contribution < -0.4 is 5.32 Å². The maximum absolute atomic E-state index is 3.73. The van der Waals surface area contributed by atoms with Crippen LogP contribution in [0.4, 0.5) is 0 Å². The van der Waals surface area contributed by atoms with Gasteiger partial charge in [-0.15, -0.1) is 11.8 Å². The summed E-state index contributed by atoms with van der Waals surface area (Å²) in [5, 5.41) is 4.50. The zero-order valence-corrected chi connectivity index (χ0v) is 13.6. The lowest BCUT2D eigenvalue weighted by Crippen LogP contribution is -2.46. The Hall–Kier alpha value is -0.510. The number of hydrogen-bond donors (Lipinski definition) is 1. The van der Waals surface area contributed by atoms with Gasteiger partial charge in [-0.25, -0.2) is 0 Å². The first-order chi connectivity index (χ1) is 10.4. The summed E-state index contributed by atoms with van der Waals surface area (Å²) in [6, 6.07) is 10.6. The lowest BCUT2D eigenvalue weighted by atomic mass is 10.0. The number of nitrogens with zero attached hydrogens (tertiary/aromatic N) is 1. The monoisotopic (exact) mass is 302 g/mol. The molecule has 3 heteroatoms. The summed E-state index contributed by atoms with van der Waals surface area (Å²) in [4.78, 5) is 4.32. The van der Waals surface area contributed by atoms with Crippen molar-refractivity contribution in [1.29, 1.82) is 0 Å². The average Bonchev–Trinajstić information content (AvgIpc) is 3.28. The molecule has 2 nitrogen and oxygen atoms in total. The van der Waals surface area contributed by atoms with E-state index in [1.54, 1.807) is 5.56 Å². The van der Waals surface area contributed by atoms with Gasteiger partial charge in [0, 0.05) is 35.3 Å². The Kier molecular flexibility index (Phi) is 4.24. The summed E-state index contributed by atoms with van der Waals surface area (Å²) >= 11 is 2.11. The molecular formula is C18H26N2S. The molecule has 2 aliphatic heterocycles. The van der Waals surface area contributed by atoms with Crippen molar-refractivity contribution in [2.75, 3.05) is 19.6 Å².